The summed E-state index contributed by atoms with van der Waals surface area (Å²) in [6.07, 6.45) is 6.92. The molecule has 2 aromatic rings. The van der Waals surface area contributed by atoms with E-state index in [9.17, 15) is 0 Å². The first-order chi connectivity index (χ1) is 16.2. The predicted molar refractivity (Wildman–Crippen MR) is 137 cm³/mol. The number of piperazine rings is 1. The molecule has 7 nitrogen and oxygen atoms in total. The van der Waals surface area contributed by atoms with E-state index in [1.807, 2.05) is 0 Å². The zero-order valence-corrected chi connectivity index (χ0v) is 19.8. The Morgan fingerprint density at radius 1 is 0.970 bits per heavy atom. The average Bonchev–Trinajstić information content (AvgIpc) is 2.88. The van der Waals surface area contributed by atoms with Gasteiger partial charge >= 0.3 is 0 Å². The summed E-state index contributed by atoms with van der Waals surface area (Å²) >= 11 is 0. The van der Waals surface area contributed by atoms with Crippen LogP contribution in [-0.4, -0.2) is 54.5 Å². The number of nitrogens with zero attached hydrogens (tertiary/aromatic N) is 2. The third-order valence-electron chi connectivity index (χ3n) is 7.79. The molecular formula is C26H39N7. The SMILES string of the molecule is Cc1ccccc1NC(NN)N1CCN(C2CNc3ccccc3N2)CC1C1CCCCC1. The molecule has 33 heavy (non-hydrogen) atoms. The van der Waals surface area contributed by atoms with Crippen LogP contribution in [0.1, 0.15) is 37.7 Å². The van der Waals surface area contributed by atoms with Gasteiger partial charge in [0.2, 0.25) is 0 Å². The molecule has 1 aliphatic carbocycles. The van der Waals surface area contributed by atoms with Gasteiger partial charge in [-0.25, -0.2) is 5.43 Å². The fourth-order valence-corrected chi connectivity index (χ4v) is 5.91. The molecule has 0 amide bonds. The van der Waals surface area contributed by atoms with Crippen molar-refractivity contribution in [2.75, 3.05) is 42.1 Å². The highest BCUT2D eigenvalue weighted by molar-refractivity contribution is 5.70. The smallest absolute Gasteiger partial charge is 0.147 e. The van der Waals surface area contributed by atoms with Crippen molar-refractivity contribution in [2.24, 2.45) is 11.8 Å². The molecule has 2 aliphatic heterocycles. The summed E-state index contributed by atoms with van der Waals surface area (Å²) in [5, 5.41) is 11.1. The summed E-state index contributed by atoms with van der Waals surface area (Å²) in [5.41, 5.74) is 7.87. The molecule has 0 bridgehead atoms. The zero-order valence-electron chi connectivity index (χ0n) is 19.8. The summed E-state index contributed by atoms with van der Waals surface area (Å²) in [4.78, 5) is 5.23. The predicted octanol–water partition coefficient (Wildman–Crippen LogP) is 3.58. The van der Waals surface area contributed by atoms with Crippen molar-refractivity contribution < 1.29 is 0 Å². The maximum absolute atomic E-state index is 6.13. The lowest BCUT2D eigenvalue weighted by atomic mass is 9.82. The molecule has 3 atom stereocenters. The van der Waals surface area contributed by atoms with Crippen molar-refractivity contribution in [3.63, 3.8) is 0 Å². The van der Waals surface area contributed by atoms with Gasteiger partial charge in [0.25, 0.3) is 0 Å². The molecule has 0 radical (unpaired) electrons. The molecule has 2 aromatic carbocycles. The molecule has 0 spiro atoms. The topological polar surface area (TPSA) is 80.6 Å². The Morgan fingerprint density at radius 2 is 1.73 bits per heavy atom. The van der Waals surface area contributed by atoms with E-state index >= 15 is 0 Å². The van der Waals surface area contributed by atoms with Gasteiger partial charge in [-0.1, -0.05) is 49.6 Å². The Labute approximate surface area is 198 Å². The van der Waals surface area contributed by atoms with E-state index in [0.29, 0.717) is 18.1 Å². The van der Waals surface area contributed by atoms with Gasteiger partial charge in [0, 0.05) is 37.9 Å². The van der Waals surface area contributed by atoms with Crippen molar-refractivity contribution in [1.29, 1.82) is 0 Å². The van der Waals surface area contributed by atoms with Crippen LogP contribution < -0.4 is 27.2 Å². The van der Waals surface area contributed by atoms with Gasteiger partial charge in [-0.3, -0.25) is 15.6 Å². The van der Waals surface area contributed by atoms with Gasteiger partial charge in [0.1, 0.15) is 6.29 Å². The monoisotopic (exact) mass is 449 g/mol. The number of para-hydroxylation sites is 3. The number of hydrogen-bond acceptors (Lipinski definition) is 7. The molecule has 6 N–H and O–H groups in total. The molecule has 2 fully saturated rings. The maximum Gasteiger partial charge on any atom is 0.147 e. The highest BCUT2D eigenvalue weighted by Crippen LogP contribution is 2.33. The fraction of sp³-hybridized carbons (Fsp3) is 0.538. The summed E-state index contributed by atoms with van der Waals surface area (Å²) in [6.45, 7) is 6.12. The number of fused-ring (bicyclic) bond motifs is 1. The van der Waals surface area contributed by atoms with Crippen LogP contribution in [0.4, 0.5) is 17.1 Å². The van der Waals surface area contributed by atoms with Gasteiger partial charge < -0.3 is 16.0 Å². The van der Waals surface area contributed by atoms with Crippen LogP contribution in [0, 0.1) is 12.8 Å². The Bertz CT molecular complexity index is 913. The second-order valence-electron chi connectivity index (χ2n) is 9.81. The number of anilines is 3. The van der Waals surface area contributed by atoms with E-state index < -0.39 is 0 Å². The molecule has 7 heteroatoms. The van der Waals surface area contributed by atoms with Crippen LogP contribution in [0.2, 0.25) is 0 Å². The van der Waals surface area contributed by atoms with Crippen LogP contribution in [-0.2, 0) is 0 Å². The lowest BCUT2D eigenvalue weighted by Gasteiger charge is -2.51. The number of nitrogens with one attached hydrogen (secondary N) is 4. The molecule has 3 aliphatic rings. The standard InChI is InChI=1S/C26H39N7/c1-19-9-5-6-12-21(19)30-26(31-27)33-16-15-32(18-24(33)20-10-3-2-4-11-20)25-17-28-22-13-7-8-14-23(22)29-25/h5-9,12-14,20,24-26,28-31H,2-4,10-11,15-18,27H2,1H3. The van der Waals surface area contributed by atoms with Gasteiger partial charge in [-0.15, -0.1) is 0 Å². The van der Waals surface area contributed by atoms with Crippen LogP contribution in [0.3, 0.4) is 0 Å². The summed E-state index contributed by atoms with van der Waals surface area (Å²) in [7, 11) is 0. The minimum absolute atomic E-state index is 0.0849. The van der Waals surface area contributed by atoms with Gasteiger partial charge in [-0.05, 0) is 49.4 Å². The van der Waals surface area contributed by atoms with Crippen molar-refractivity contribution >= 4 is 17.1 Å². The molecule has 1 saturated heterocycles. The van der Waals surface area contributed by atoms with Crippen molar-refractivity contribution in [2.45, 2.75) is 57.5 Å². The summed E-state index contributed by atoms with van der Waals surface area (Å²) in [6, 6.07) is 17.4. The van der Waals surface area contributed by atoms with Crippen LogP contribution >= 0.6 is 0 Å². The van der Waals surface area contributed by atoms with Gasteiger partial charge in [0.15, 0.2) is 0 Å². The number of aryl methyl sites for hydroxylation is 1. The van der Waals surface area contributed by atoms with Crippen LogP contribution in [0.25, 0.3) is 0 Å². The van der Waals surface area contributed by atoms with E-state index in [1.165, 1.54) is 49.0 Å². The average molecular weight is 450 g/mol. The Kier molecular flexibility index (Phi) is 7.02. The highest BCUT2D eigenvalue weighted by atomic mass is 15.5. The highest BCUT2D eigenvalue weighted by Gasteiger charge is 2.39. The normalized spacial score (nSPS) is 25.5. The molecule has 3 unspecified atom stereocenters. The molecule has 1 saturated carbocycles. The fourth-order valence-electron chi connectivity index (χ4n) is 5.91. The first-order valence-corrected chi connectivity index (χ1v) is 12.6. The van der Waals surface area contributed by atoms with Crippen molar-refractivity contribution in [3.05, 3.63) is 54.1 Å². The third-order valence-corrected chi connectivity index (χ3v) is 7.79. The maximum atomic E-state index is 6.13. The lowest BCUT2D eigenvalue weighted by Crippen LogP contribution is -2.67. The third kappa shape index (κ3) is 4.96. The Morgan fingerprint density at radius 3 is 2.52 bits per heavy atom. The van der Waals surface area contributed by atoms with Crippen LogP contribution in [0.5, 0.6) is 0 Å². The first-order valence-electron chi connectivity index (χ1n) is 12.6. The van der Waals surface area contributed by atoms with E-state index in [-0.39, 0.29) is 6.29 Å². The molecule has 2 heterocycles. The lowest BCUT2D eigenvalue weighted by molar-refractivity contribution is -0.00950. The van der Waals surface area contributed by atoms with Crippen molar-refractivity contribution in [1.82, 2.24) is 15.2 Å². The summed E-state index contributed by atoms with van der Waals surface area (Å²) in [5.74, 6) is 6.84. The van der Waals surface area contributed by atoms with E-state index in [1.54, 1.807) is 0 Å². The van der Waals surface area contributed by atoms with Crippen LogP contribution in [0.15, 0.2) is 48.5 Å². The first kappa shape index (κ1) is 22.5. The number of hydrazine groups is 1. The molecule has 178 valence electrons. The largest absolute Gasteiger partial charge is 0.380 e. The second kappa shape index (κ2) is 10.3. The molecule has 0 aromatic heterocycles. The quantitative estimate of drug-likeness (QED) is 0.262. The minimum atomic E-state index is -0.0849. The van der Waals surface area contributed by atoms with E-state index in [0.717, 1.165) is 31.9 Å². The van der Waals surface area contributed by atoms with E-state index in [4.69, 9.17) is 5.84 Å². The molecule has 5 rings (SSSR count). The number of benzene rings is 2. The molecular weight excluding hydrogens is 410 g/mol. The number of rotatable bonds is 6. The van der Waals surface area contributed by atoms with E-state index in [2.05, 4.69) is 86.6 Å². The second-order valence-corrected chi connectivity index (χ2v) is 9.81. The van der Waals surface area contributed by atoms with Gasteiger partial charge in [0.05, 0.1) is 17.5 Å². The minimum Gasteiger partial charge on any atom is -0.380 e. The Hall–Kier alpha value is -2.32. The van der Waals surface area contributed by atoms with Gasteiger partial charge in [-0.2, -0.15) is 0 Å². The summed E-state index contributed by atoms with van der Waals surface area (Å²) < 4.78 is 0. The van der Waals surface area contributed by atoms with Crippen molar-refractivity contribution in [3.8, 4) is 0 Å². The number of nitrogens with two attached hydrogens (primary N) is 1. The Balaban J connectivity index is 1.33. The zero-order chi connectivity index (χ0) is 22.6. The number of hydrogen-bond donors (Lipinski definition) is 5.